The summed E-state index contributed by atoms with van der Waals surface area (Å²) in [6.45, 7) is 0. The number of phenols is 1. The van der Waals surface area contributed by atoms with E-state index in [0.29, 0.717) is 16.3 Å². The molecule has 0 bridgehead atoms. The summed E-state index contributed by atoms with van der Waals surface area (Å²) in [5.41, 5.74) is 3.66. The lowest BCUT2D eigenvalue weighted by Crippen LogP contribution is -2.23. The van der Waals surface area contributed by atoms with Crippen molar-refractivity contribution in [2.45, 2.75) is 6.18 Å². The van der Waals surface area contributed by atoms with Crippen LogP contribution in [0.5, 0.6) is 5.75 Å². The van der Waals surface area contributed by atoms with Gasteiger partial charge in [0, 0.05) is 5.56 Å². The number of carbonyl (C=O) groups is 1. The maximum atomic E-state index is 13.6. The standard InChI is InChI=1S/C34H21F3O2/c35-34(36,37)33(39)30-20-26-19-24(22-10-5-2-6-11-22)15-17-28(26)31(32(30)38)29-13-7-12-25-18-23(14-16-27(25)29)21-8-3-1-4-9-21/h1-20,38H. The van der Waals surface area contributed by atoms with E-state index in [4.69, 9.17) is 0 Å². The van der Waals surface area contributed by atoms with Crippen molar-refractivity contribution in [3.05, 3.63) is 127 Å². The van der Waals surface area contributed by atoms with Gasteiger partial charge in [-0.05, 0) is 67.6 Å². The maximum absolute atomic E-state index is 13.6. The molecule has 6 rings (SSSR count). The van der Waals surface area contributed by atoms with Gasteiger partial charge in [-0.1, -0.05) is 103 Å². The molecule has 0 aliphatic carbocycles. The zero-order chi connectivity index (χ0) is 27.1. The summed E-state index contributed by atoms with van der Waals surface area (Å²) >= 11 is 0. The van der Waals surface area contributed by atoms with Gasteiger partial charge in [0.2, 0.25) is 0 Å². The molecule has 0 heterocycles. The summed E-state index contributed by atoms with van der Waals surface area (Å²) in [4.78, 5) is 12.4. The summed E-state index contributed by atoms with van der Waals surface area (Å²) in [6, 6.07) is 37.1. The number of hydrogen-bond acceptors (Lipinski definition) is 2. The van der Waals surface area contributed by atoms with E-state index >= 15 is 0 Å². The van der Waals surface area contributed by atoms with E-state index in [0.717, 1.165) is 39.1 Å². The molecule has 1 N–H and O–H groups in total. The predicted octanol–water partition coefficient (Wildman–Crippen LogP) is 9.44. The van der Waals surface area contributed by atoms with Crippen molar-refractivity contribution in [3.8, 4) is 39.1 Å². The molecule has 0 saturated heterocycles. The minimum absolute atomic E-state index is 0.192. The fourth-order valence-electron chi connectivity index (χ4n) is 5.12. The number of rotatable bonds is 4. The first kappa shape index (κ1) is 24.4. The number of phenolic OH excluding ortho intramolecular Hbond substituents is 1. The molecule has 6 aromatic rings. The lowest BCUT2D eigenvalue weighted by Gasteiger charge is -2.17. The molecular weight excluding hydrogens is 497 g/mol. The van der Waals surface area contributed by atoms with Gasteiger partial charge in [-0.2, -0.15) is 13.2 Å². The number of benzene rings is 6. The average Bonchev–Trinajstić information content (AvgIpc) is 2.96. The highest BCUT2D eigenvalue weighted by Gasteiger charge is 2.41. The van der Waals surface area contributed by atoms with E-state index in [2.05, 4.69) is 0 Å². The highest BCUT2D eigenvalue weighted by Crippen LogP contribution is 2.44. The van der Waals surface area contributed by atoms with Gasteiger partial charge >= 0.3 is 6.18 Å². The van der Waals surface area contributed by atoms with Gasteiger partial charge in [0.05, 0.1) is 5.56 Å². The normalized spacial score (nSPS) is 11.7. The van der Waals surface area contributed by atoms with E-state index in [-0.39, 0.29) is 5.56 Å². The Morgan fingerprint density at radius 1 is 0.564 bits per heavy atom. The van der Waals surface area contributed by atoms with E-state index in [9.17, 15) is 23.1 Å². The van der Waals surface area contributed by atoms with Crippen molar-refractivity contribution in [1.29, 1.82) is 0 Å². The molecule has 0 aromatic heterocycles. The molecule has 6 aromatic carbocycles. The van der Waals surface area contributed by atoms with Crippen molar-refractivity contribution in [1.82, 2.24) is 0 Å². The minimum Gasteiger partial charge on any atom is -0.507 e. The molecule has 0 radical (unpaired) electrons. The number of fused-ring (bicyclic) bond motifs is 2. The zero-order valence-electron chi connectivity index (χ0n) is 20.5. The van der Waals surface area contributed by atoms with Crippen LogP contribution in [0.4, 0.5) is 13.2 Å². The van der Waals surface area contributed by atoms with Crippen LogP contribution in [0.2, 0.25) is 0 Å². The topological polar surface area (TPSA) is 37.3 Å². The van der Waals surface area contributed by atoms with E-state index < -0.39 is 23.3 Å². The van der Waals surface area contributed by atoms with Gasteiger partial charge in [-0.15, -0.1) is 0 Å². The highest BCUT2D eigenvalue weighted by molar-refractivity contribution is 6.14. The summed E-state index contributed by atoms with van der Waals surface area (Å²) < 4.78 is 40.8. The monoisotopic (exact) mass is 518 g/mol. The van der Waals surface area contributed by atoms with Crippen molar-refractivity contribution >= 4 is 27.3 Å². The van der Waals surface area contributed by atoms with Crippen LogP contribution in [0.25, 0.3) is 54.9 Å². The van der Waals surface area contributed by atoms with Gasteiger partial charge in [-0.3, -0.25) is 4.79 Å². The Bertz CT molecular complexity index is 1860. The minimum atomic E-state index is -5.14. The molecule has 2 nitrogen and oxygen atoms in total. The number of hydrogen-bond donors (Lipinski definition) is 1. The van der Waals surface area contributed by atoms with E-state index in [1.54, 1.807) is 24.3 Å². The Labute approximate surface area is 222 Å². The van der Waals surface area contributed by atoms with Gasteiger partial charge in [-0.25, -0.2) is 0 Å². The summed E-state index contributed by atoms with van der Waals surface area (Å²) in [5.74, 6) is -2.77. The fourth-order valence-corrected chi connectivity index (χ4v) is 5.12. The molecular formula is C34H21F3O2. The van der Waals surface area contributed by atoms with Crippen LogP contribution >= 0.6 is 0 Å². The summed E-state index contributed by atoms with van der Waals surface area (Å²) in [6.07, 6.45) is -5.14. The van der Waals surface area contributed by atoms with Crippen LogP contribution in [-0.2, 0) is 0 Å². The summed E-state index contributed by atoms with van der Waals surface area (Å²) in [7, 11) is 0. The Morgan fingerprint density at radius 3 is 1.72 bits per heavy atom. The zero-order valence-corrected chi connectivity index (χ0v) is 20.5. The highest BCUT2D eigenvalue weighted by atomic mass is 19.4. The van der Waals surface area contributed by atoms with Crippen LogP contribution in [-0.4, -0.2) is 17.1 Å². The Kier molecular flexibility index (Phi) is 5.92. The molecule has 5 heteroatoms. The van der Waals surface area contributed by atoms with Crippen LogP contribution in [0, 0.1) is 0 Å². The van der Waals surface area contributed by atoms with Crippen molar-refractivity contribution in [3.63, 3.8) is 0 Å². The number of ketones is 1. The molecule has 0 aliphatic heterocycles. The molecule has 0 fully saturated rings. The van der Waals surface area contributed by atoms with Gasteiger partial charge in [0.25, 0.3) is 5.78 Å². The Hall–Kier alpha value is -4.90. The second kappa shape index (κ2) is 9.44. The second-order valence-electron chi connectivity index (χ2n) is 9.38. The number of Topliss-reactive ketones (excluding diaryl/α,β-unsaturated/α-hetero) is 1. The third-order valence-electron chi connectivity index (χ3n) is 6.98. The third-order valence-corrected chi connectivity index (χ3v) is 6.98. The molecule has 39 heavy (non-hydrogen) atoms. The molecule has 0 amide bonds. The van der Waals surface area contributed by atoms with Crippen LogP contribution in [0.1, 0.15) is 10.4 Å². The van der Waals surface area contributed by atoms with E-state index in [1.807, 2.05) is 91.0 Å². The van der Waals surface area contributed by atoms with Crippen LogP contribution < -0.4 is 0 Å². The van der Waals surface area contributed by atoms with Crippen LogP contribution in [0.15, 0.2) is 121 Å². The maximum Gasteiger partial charge on any atom is 0.455 e. The molecule has 0 spiro atoms. The third kappa shape index (κ3) is 4.42. The average molecular weight is 519 g/mol. The van der Waals surface area contributed by atoms with Crippen molar-refractivity contribution < 1.29 is 23.1 Å². The first-order valence-electron chi connectivity index (χ1n) is 12.4. The summed E-state index contributed by atoms with van der Waals surface area (Å²) in [5, 5.41) is 13.8. The number of halogens is 3. The molecule has 0 unspecified atom stereocenters. The van der Waals surface area contributed by atoms with Crippen molar-refractivity contribution in [2.24, 2.45) is 0 Å². The molecule has 0 saturated carbocycles. The fraction of sp³-hybridized carbons (Fsp3) is 0.0294. The smallest absolute Gasteiger partial charge is 0.455 e. The Morgan fingerprint density at radius 2 is 1.13 bits per heavy atom. The SMILES string of the molecule is O=C(c1cc2cc(-c3ccccc3)ccc2c(-c2cccc3cc(-c4ccccc4)ccc23)c1O)C(F)(F)F. The largest absolute Gasteiger partial charge is 0.507 e. The first-order chi connectivity index (χ1) is 18.8. The Balaban J connectivity index is 1.62. The van der Waals surface area contributed by atoms with Gasteiger partial charge < -0.3 is 5.11 Å². The first-order valence-corrected chi connectivity index (χ1v) is 12.4. The van der Waals surface area contributed by atoms with Crippen LogP contribution in [0.3, 0.4) is 0 Å². The predicted molar refractivity (Wildman–Crippen MR) is 150 cm³/mol. The van der Waals surface area contributed by atoms with Crippen molar-refractivity contribution in [2.75, 3.05) is 0 Å². The number of aromatic hydroxyl groups is 1. The molecule has 190 valence electrons. The van der Waals surface area contributed by atoms with Gasteiger partial charge in [0.1, 0.15) is 5.75 Å². The van der Waals surface area contributed by atoms with Gasteiger partial charge in [0.15, 0.2) is 0 Å². The lowest BCUT2D eigenvalue weighted by molar-refractivity contribution is -0.0886. The lowest BCUT2D eigenvalue weighted by atomic mass is 9.88. The number of alkyl halides is 3. The van der Waals surface area contributed by atoms with E-state index in [1.165, 1.54) is 0 Å². The molecule has 0 atom stereocenters. The molecule has 0 aliphatic rings. The number of carbonyl (C=O) groups excluding carboxylic acids is 1. The quantitative estimate of drug-likeness (QED) is 0.236. The second-order valence-corrected chi connectivity index (χ2v) is 9.38.